The monoisotopic (exact) mass is 326 g/mol. The molecule has 24 heavy (non-hydrogen) atoms. The lowest BCUT2D eigenvalue weighted by Crippen LogP contribution is -2.12. The van der Waals surface area contributed by atoms with E-state index in [1.807, 2.05) is 0 Å². The number of rotatable bonds is 6. The molecule has 2 aromatic carbocycles. The summed E-state index contributed by atoms with van der Waals surface area (Å²) in [6.07, 6.45) is 1.32. The second-order valence-corrected chi connectivity index (χ2v) is 4.82. The fourth-order valence-corrected chi connectivity index (χ4v) is 1.97. The van der Waals surface area contributed by atoms with Crippen LogP contribution >= 0.6 is 0 Å². The molecule has 0 saturated carbocycles. The maximum absolute atomic E-state index is 13.7. The first kappa shape index (κ1) is 17.0. The molecule has 1 amide bonds. The number of nitriles is 1. The molecule has 2 aromatic rings. The zero-order valence-electron chi connectivity index (χ0n) is 13.0. The number of halogens is 1. The highest BCUT2D eigenvalue weighted by Gasteiger charge is 2.10. The van der Waals surface area contributed by atoms with Gasteiger partial charge in [0.15, 0.2) is 0 Å². The van der Waals surface area contributed by atoms with Gasteiger partial charge in [0.2, 0.25) is 0 Å². The molecule has 6 heteroatoms. The normalized spacial score (nSPS) is 10.8. The molecule has 0 fully saturated rings. The van der Waals surface area contributed by atoms with Gasteiger partial charge >= 0.3 is 0 Å². The van der Waals surface area contributed by atoms with Crippen LogP contribution in [0.4, 0.5) is 4.39 Å². The van der Waals surface area contributed by atoms with Crippen molar-refractivity contribution in [2.75, 3.05) is 7.11 Å². The third-order valence-electron chi connectivity index (χ3n) is 3.25. The van der Waals surface area contributed by atoms with E-state index in [1.54, 1.807) is 42.5 Å². The molecule has 122 valence electrons. The maximum Gasteiger partial charge on any atom is 0.259 e. The lowest BCUT2D eigenvalue weighted by molar-refractivity contribution is -0.114. The van der Waals surface area contributed by atoms with Gasteiger partial charge in [0.1, 0.15) is 35.6 Å². The van der Waals surface area contributed by atoms with E-state index < -0.39 is 5.91 Å². The summed E-state index contributed by atoms with van der Waals surface area (Å²) in [5.74, 6) is -0.361. The second-order valence-electron chi connectivity index (χ2n) is 4.82. The summed E-state index contributed by atoms with van der Waals surface area (Å²) < 4.78 is 24.5. The van der Waals surface area contributed by atoms with Crippen LogP contribution in [0.25, 0.3) is 6.08 Å². The van der Waals surface area contributed by atoms with Gasteiger partial charge in [0, 0.05) is 17.2 Å². The number of nitrogens with two attached hydrogens (primary N) is 1. The Morgan fingerprint density at radius 1 is 1.33 bits per heavy atom. The lowest BCUT2D eigenvalue weighted by Gasteiger charge is -2.12. The van der Waals surface area contributed by atoms with Gasteiger partial charge in [0.05, 0.1) is 7.11 Å². The molecule has 5 nitrogen and oxygen atoms in total. The molecule has 0 spiro atoms. The highest BCUT2D eigenvalue weighted by molar-refractivity contribution is 6.00. The third kappa shape index (κ3) is 4.11. The summed E-state index contributed by atoms with van der Waals surface area (Å²) in [5, 5.41) is 8.96. The number of hydrogen-bond donors (Lipinski definition) is 1. The highest BCUT2D eigenvalue weighted by Crippen LogP contribution is 2.28. The number of ether oxygens (including phenoxy) is 2. The van der Waals surface area contributed by atoms with E-state index in [0.717, 1.165) is 0 Å². The Kier molecular flexibility index (Phi) is 5.53. The molecule has 0 radical (unpaired) electrons. The summed E-state index contributed by atoms with van der Waals surface area (Å²) in [5.41, 5.74) is 5.77. The smallest absolute Gasteiger partial charge is 0.259 e. The van der Waals surface area contributed by atoms with Gasteiger partial charge in [-0.15, -0.1) is 0 Å². The van der Waals surface area contributed by atoms with E-state index in [9.17, 15) is 9.18 Å². The van der Waals surface area contributed by atoms with Crippen LogP contribution in [0.1, 0.15) is 11.1 Å². The molecule has 0 aliphatic heterocycles. The number of nitrogens with zero attached hydrogens (tertiary/aromatic N) is 1. The first-order valence-electron chi connectivity index (χ1n) is 7.01. The largest absolute Gasteiger partial charge is 0.497 e. The highest BCUT2D eigenvalue weighted by atomic mass is 19.1. The van der Waals surface area contributed by atoms with Crippen molar-refractivity contribution in [3.63, 3.8) is 0 Å². The van der Waals surface area contributed by atoms with Crippen molar-refractivity contribution in [3.05, 3.63) is 65.0 Å². The molecule has 0 unspecified atom stereocenters. The van der Waals surface area contributed by atoms with Crippen molar-refractivity contribution in [2.45, 2.75) is 6.61 Å². The van der Waals surface area contributed by atoms with E-state index in [1.165, 1.54) is 19.3 Å². The number of hydrogen-bond acceptors (Lipinski definition) is 4. The number of methoxy groups -OCH3 is 1. The minimum absolute atomic E-state index is 0.0147. The predicted octanol–water partition coefficient (Wildman–Crippen LogP) is 2.81. The van der Waals surface area contributed by atoms with Gasteiger partial charge in [0.25, 0.3) is 5.91 Å². The van der Waals surface area contributed by atoms with Crippen LogP contribution in [-0.2, 0) is 11.4 Å². The van der Waals surface area contributed by atoms with Gasteiger partial charge in [-0.1, -0.05) is 18.2 Å². The fourth-order valence-electron chi connectivity index (χ4n) is 1.97. The topological polar surface area (TPSA) is 85.3 Å². The second kappa shape index (κ2) is 7.79. The molecule has 0 saturated heterocycles. The van der Waals surface area contributed by atoms with E-state index in [4.69, 9.17) is 20.5 Å². The van der Waals surface area contributed by atoms with E-state index in [-0.39, 0.29) is 18.0 Å². The molecule has 2 N–H and O–H groups in total. The van der Waals surface area contributed by atoms with E-state index in [2.05, 4.69) is 0 Å². The van der Waals surface area contributed by atoms with Crippen molar-refractivity contribution in [1.29, 1.82) is 5.26 Å². The maximum atomic E-state index is 13.7. The van der Waals surface area contributed by atoms with Gasteiger partial charge in [-0.25, -0.2) is 4.39 Å². The quantitative estimate of drug-likeness (QED) is 0.653. The van der Waals surface area contributed by atoms with Gasteiger partial charge in [-0.2, -0.15) is 5.26 Å². The number of carbonyl (C=O) groups is 1. The van der Waals surface area contributed by atoms with Crippen molar-refractivity contribution in [2.24, 2.45) is 5.73 Å². The van der Waals surface area contributed by atoms with Crippen molar-refractivity contribution in [1.82, 2.24) is 0 Å². The minimum atomic E-state index is -0.839. The summed E-state index contributed by atoms with van der Waals surface area (Å²) in [7, 11) is 1.50. The molecule has 0 atom stereocenters. The summed E-state index contributed by atoms with van der Waals surface area (Å²) in [6, 6.07) is 12.8. The van der Waals surface area contributed by atoms with Crippen LogP contribution in [0.5, 0.6) is 11.5 Å². The van der Waals surface area contributed by atoms with Crippen LogP contribution in [0.3, 0.4) is 0 Å². The Morgan fingerprint density at radius 3 is 2.71 bits per heavy atom. The molecule has 0 heterocycles. The molecular formula is C18H15FN2O3. The van der Waals surface area contributed by atoms with E-state index in [0.29, 0.717) is 22.6 Å². The number of amides is 1. The predicted molar refractivity (Wildman–Crippen MR) is 86.5 cm³/mol. The van der Waals surface area contributed by atoms with Crippen molar-refractivity contribution >= 4 is 12.0 Å². The van der Waals surface area contributed by atoms with Gasteiger partial charge in [-0.3, -0.25) is 4.79 Å². The van der Waals surface area contributed by atoms with Gasteiger partial charge < -0.3 is 15.2 Å². The zero-order chi connectivity index (χ0) is 17.5. The third-order valence-corrected chi connectivity index (χ3v) is 3.25. The Bertz CT molecular complexity index is 825. The van der Waals surface area contributed by atoms with Crippen LogP contribution < -0.4 is 15.2 Å². The SMILES string of the molecule is COc1ccc(/C=C(\C#N)C(N)=O)c(OCc2ccccc2F)c1. The lowest BCUT2D eigenvalue weighted by atomic mass is 10.1. The standard InChI is InChI=1S/C18H15FN2O3/c1-23-15-7-6-12(8-14(10-20)18(21)22)17(9-15)24-11-13-4-2-3-5-16(13)19/h2-9H,11H2,1H3,(H2,21,22)/b14-8+. The molecular weight excluding hydrogens is 311 g/mol. The zero-order valence-corrected chi connectivity index (χ0v) is 13.0. The average Bonchev–Trinajstić information content (AvgIpc) is 2.59. The summed E-state index contributed by atoms with van der Waals surface area (Å²) >= 11 is 0. The molecule has 0 bridgehead atoms. The van der Waals surface area contributed by atoms with Crippen LogP contribution in [0, 0.1) is 17.1 Å². The first-order valence-corrected chi connectivity index (χ1v) is 7.01. The Morgan fingerprint density at radius 2 is 2.08 bits per heavy atom. The average molecular weight is 326 g/mol. The summed E-state index contributed by atoms with van der Waals surface area (Å²) in [6.45, 7) is -0.0147. The molecule has 0 aliphatic rings. The number of primary amides is 1. The van der Waals surface area contributed by atoms with E-state index >= 15 is 0 Å². The molecule has 0 aliphatic carbocycles. The number of carbonyl (C=O) groups excluding carboxylic acids is 1. The fraction of sp³-hybridized carbons (Fsp3) is 0.111. The van der Waals surface area contributed by atoms with Crippen molar-refractivity contribution < 1.29 is 18.7 Å². The first-order chi connectivity index (χ1) is 11.5. The van der Waals surface area contributed by atoms with Crippen molar-refractivity contribution in [3.8, 4) is 17.6 Å². The molecule has 0 aromatic heterocycles. The van der Waals surface area contributed by atoms with Crippen LogP contribution in [-0.4, -0.2) is 13.0 Å². The van der Waals surface area contributed by atoms with Crippen LogP contribution in [0.2, 0.25) is 0 Å². The number of benzene rings is 2. The Hall–Kier alpha value is -3.33. The minimum Gasteiger partial charge on any atom is -0.497 e. The van der Waals surface area contributed by atoms with Gasteiger partial charge in [-0.05, 0) is 24.3 Å². The summed E-state index contributed by atoms with van der Waals surface area (Å²) in [4.78, 5) is 11.2. The van der Waals surface area contributed by atoms with Crippen LogP contribution in [0.15, 0.2) is 48.0 Å². The molecule has 2 rings (SSSR count). The Labute approximate surface area is 138 Å². The Balaban J connectivity index is 2.35.